The topological polar surface area (TPSA) is 33.7 Å². The third kappa shape index (κ3) is 3.25. The third-order valence-corrected chi connectivity index (χ3v) is 4.14. The molecule has 1 aromatic rings. The molecule has 0 aromatic heterocycles. The van der Waals surface area contributed by atoms with Crippen molar-refractivity contribution in [1.29, 1.82) is 0 Å². The second-order valence-electron chi connectivity index (χ2n) is 5.39. The van der Waals surface area contributed by atoms with Gasteiger partial charge in [-0.25, -0.2) is 0 Å². The minimum Gasteiger partial charge on any atom is -0.493 e. The summed E-state index contributed by atoms with van der Waals surface area (Å²) in [5.41, 5.74) is 3.67. The lowest BCUT2D eigenvalue weighted by atomic mass is 10.0. The van der Waals surface area contributed by atoms with Crippen LogP contribution in [0.4, 0.5) is 0 Å². The van der Waals surface area contributed by atoms with Gasteiger partial charge in [0.05, 0.1) is 14.2 Å². The van der Waals surface area contributed by atoms with Crippen LogP contribution in [-0.2, 0) is 6.42 Å². The van der Waals surface area contributed by atoms with Gasteiger partial charge in [0.1, 0.15) is 0 Å². The van der Waals surface area contributed by atoms with Gasteiger partial charge in [-0.15, -0.1) is 0 Å². The van der Waals surface area contributed by atoms with E-state index in [2.05, 4.69) is 30.1 Å². The van der Waals surface area contributed by atoms with E-state index in [0.717, 1.165) is 56.2 Å². The molecule has 0 atom stereocenters. The zero-order chi connectivity index (χ0) is 14.5. The van der Waals surface area contributed by atoms with E-state index >= 15 is 0 Å². The second-order valence-corrected chi connectivity index (χ2v) is 5.39. The molecule has 0 aliphatic carbocycles. The van der Waals surface area contributed by atoms with Gasteiger partial charge in [-0.1, -0.05) is 6.07 Å². The first-order valence-electron chi connectivity index (χ1n) is 7.31. The molecular formula is C16H26N2O2. The van der Waals surface area contributed by atoms with Gasteiger partial charge in [0.25, 0.3) is 0 Å². The largest absolute Gasteiger partial charge is 0.493 e. The first kappa shape index (κ1) is 15.1. The van der Waals surface area contributed by atoms with Gasteiger partial charge in [0.15, 0.2) is 11.5 Å². The number of benzene rings is 1. The summed E-state index contributed by atoms with van der Waals surface area (Å²) in [7, 11) is 3.44. The average molecular weight is 278 g/mol. The van der Waals surface area contributed by atoms with Crippen molar-refractivity contribution < 1.29 is 9.47 Å². The number of methoxy groups -OCH3 is 2. The molecule has 1 aliphatic rings. The van der Waals surface area contributed by atoms with Gasteiger partial charge in [-0.2, -0.15) is 0 Å². The Labute approximate surface area is 122 Å². The van der Waals surface area contributed by atoms with Crippen LogP contribution in [-0.4, -0.2) is 51.8 Å². The van der Waals surface area contributed by atoms with Crippen molar-refractivity contribution in [2.45, 2.75) is 20.3 Å². The van der Waals surface area contributed by atoms with Gasteiger partial charge in [0, 0.05) is 32.7 Å². The van der Waals surface area contributed by atoms with Crippen molar-refractivity contribution in [3.8, 4) is 11.5 Å². The number of ether oxygens (including phenoxy) is 2. The summed E-state index contributed by atoms with van der Waals surface area (Å²) in [6.45, 7) is 9.72. The van der Waals surface area contributed by atoms with Gasteiger partial charge < -0.3 is 19.7 Å². The summed E-state index contributed by atoms with van der Waals surface area (Å²) in [5, 5.41) is 3.38. The highest BCUT2D eigenvalue weighted by Gasteiger charge is 2.16. The first-order valence-corrected chi connectivity index (χ1v) is 7.31. The Bertz CT molecular complexity index is 454. The molecular weight excluding hydrogens is 252 g/mol. The summed E-state index contributed by atoms with van der Waals surface area (Å²) in [4.78, 5) is 2.50. The van der Waals surface area contributed by atoms with Crippen LogP contribution < -0.4 is 14.8 Å². The number of rotatable bonds is 5. The van der Waals surface area contributed by atoms with E-state index in [1.54, 1.807) is 14.2 Å². The highest BCUT2D eigenvalue weighted by Crippen LogP contribution is 2.36. The van der Waals surface area contributed by atoms with Crippen molar-refractivity contribution in [3.05, 3.63) is 22.8 Å². The maximum atomic E-state index is 5.59. The van der Waals surface area contributed by atoms with E-state index in [9.17, 15) is 0 Å². The highest BCUT2D eigenvalue weighted by atomic mass is 16.5. The van der Waals surface area contributed by atoms with E-state index in [-0.39, 0.29) is 0 Å². The molecule has 0 spiro atoms. The predicted octanol–water partition coefficient (Wildman–Crippen LogP) is 1.77. The first-order chi connectivity index (χ1) is 9.67. The molecule has 20 heavy (non-hydrogen) atoms. The minimum atomic E-state index is 0.878. The summed E-state index contributed by atoms with van der Waals surface area (Å²) >= 11 is 0. The number of aryl methyl sites for hydroxylation is 1. The van der Waals surface area contributed by atoms with Gasteiger partial charge >= 0.3 is 0 Å². The molecule has 0 saturated carbocycles. The van der Waals surface area contributed by atoms with Crippen molar-refractivity contribution >= 4 is 0 Å². The Kier molecular flexibility index (Phi) is 5.26. The number of hydrogen-bond acceptors (Lipinski definition) is 4. The molecule has 0 unspecified atom stereocenters. The number of nitrogens with zero attached hydrogens (tertiary/aromatic N) is 1. The molecule has 0 amide bonds. The van der Waals surface area contributed by atoms with E-state index in [1.165, 1.54) is 11.1 Å². The summed E-state index contributed by atoms with van der Waals surface area (Å²) in [6.07, 6.45) is 1.00. The molecule has 1 heterocycles. The Morgan fingerprint density at radius 3 is 2.35 bits per heavy atom. The van der Waals surface area contributed by atoms with E-state index < -0.39 is 0 Å². The lowest BCUT2D eigenvalue weighted by Gasteiger charge is -2.27. The monoisotopic (exact) mass is 278 g/mol. The van der Waals surface area contributed by atoms with Crippen molar-refractivity contribution in [2.24, 2.45) is 0 Å². The van der Waals surface area contributed by atoms with Crippen LogP contribution in [0.3, 0.4) is 0 Å². The fourth-order valence-electron chi connectivity index (χ4n) is 2.80. The van der Waals surface area contributed by atoms with Gasteiger partial charge in [-0.3, -0.25) is 0 Å². The van der Waals surface area contributed by atoms with E-state index in [0.29, 0.717) is 0 Å². The zero-order valence-corrected chi connectivity index (χ0v) is 13.1. The van der Waals surface area contributed by atoms with Crippen LogP contribution in [0, 0.1) is 13.8 Å². The molecule has 1 fully saturated rings. The molecule has 1 N–H and O–H groups in total. The quantitative estimate of drug-likeness (QED) is 0.890. The molecule has 4 nitrogen and oxygen atoms in total. The minimum absolute atomic E-state index is 0.878. The fraction of sp³-hybridized carbons (Fsp3) is 0.625. The van der Waals surface area contributed by atoms with Gasteiger partial charge in [-0.05, 0) is 37.0 Å². The average Bonchev–Trinajstić information content (AvgIpc) is 2.48. The van der Waals surface area contributed by atoms with Crippen molar-refractivity contribution in [1.82, 2.24) is 10.2 Å². The van der Waals surface area contributed by atoms with Crippen LogP contribution in [0.1, 0.15) is 16.7 Å². The molecule has 1 aliphatic heterocycles. The standard InChI is InChI=1S/C16H26N2O2/c1-12-11-14(5-8-18-9-6-17-7-10-18)16(20-4)15(19-3)13(12)2/h11,17H,5-10H2,1-4H3. The SMILES string of the molecule is COc1c(CCN2CCNCC2)cc(C)c(C)c1OC. The smallest absolute Gasteiger partial charge is 0.164 e. The summed E-state index contributed by atoms with van der Waals surface area (Å²) in [6, 6.07) is 2.24. The molecule has 1 saturated heterocycles. The maximum Gasteiger partial charge on any atom is 0.164 e. The molecule has 2 rings (SSSR count). The lowest BCUT2D eigenvalue weighted by Crippen LogP contribution is -2.44. The highest BCUT2D eigenvalue weighted by molar-refractivity contribution is 5.55. The fourth-order valence-corrected chi connectivity index (χ4v) is 2.80. The molecule has 112 valence electrons. The molecule has 4 heteroatoms. The predicted molar refractivity (Wildman–Crippen MR) is 82.0 cm³/mol. The summed E-state index contributed by atoms with van der Waals surface area (Å²) in [5.74, 6) is 1.77. The van der Waals surface area contributed by atoms with Crippen LogP contribution in [0.2, 0.25) is 0 Å². The molecule has 0 radical (unpaired) electrons. The Balaban J connectivity index is 2.15. The molecule has 1 aromatic carbocycles. The lowest BCUT2D eigenvalue weighted by molar-refractivity contribution is 0.242. The van der Waals surface area contributed by atoms with Crippen LogP contribution in [0.25, 0.3) is 0 Å². The Morgan fingerprint density at radius 2 is 1.75 bits per heavy atom. The van der Waals surface area contributed by atoms with Crippen molar-refractivity contribution in [2.75, 3.05) is 46.9 Å². The zero-order valence-electron chi connectivity index (χ0n) is 13.1. The van der Waals surface area contributed by atoms with Gasteiger partial charge in [0.2, 0.25) is 0 Å². The maximum absolute atomic E-state index is 5.59. The second kappa shape index (κ2) is 6.95. The van der Waals surface area contributed by atoms with E-state index in [1.807, 2.05) is 0 Å². The Morgan fingerprint density at radius 1 is 1.10 bits per heavy atom. The van der Waals surface area contributed by atoms with Crippen LogP contribution in [0.5, 0.6) is 11.5 Å². The third-order valence-electron chi connectivity index (χ3n) is 4.14. The number of piperazine rings is 1. The normalized spacial score (nSPS) is 16.2. The van der Waals surface area contributed by atoms with Crippen molar-refractivity contribution in [3.63, 3.8) is 0 Å². The number of hydrogen-bond donors (Lipinski definition) is 1. The molecule has 0 bridgehead atoms. The Hall–Kier alpha value is -1.26. The van der Waals surface area contributed by atoms with Crippen LogP contribution >= 0.6 is 0 Å². The summed E-state index contributed by atoms with van der Waals surface area (Å²) < 4.78 is 11.1. The number of nitrogens with one attached hydrogen (secondary N) is 1. The van der Waals surface area contributed by atoms with Crippen LogP contribution in [0.15, 0.2) is 6.07 Å². The van der Waals surface area contributed by atoms with E-state index in [4.69, 9.17) is 9.47 Å².